The number of amides is 2. The van der Waals surface area contributed by atoms with E-state index in [4.69, 9.17) is 11.6 Å². The standard InChI is InChI=1S/C24H16ClN3O2/c1-14(28-23(29)16-9-5-6-10-17(16)24(28)30)18-12-22-20(21(25)13-26-27-22)11-19(18)15-7-3-2-4-8-15/h2-14H,1H3. The van der Waals surface area contributed by atoms with Crippen LogP contribution < -0.4 is 0 Å². The van der Waals surface area contributed by atoms with Crippen LogP contribution in [0.4, 0.5) is 0 Å². The van der Waals surface area contributed by atoms with Crippen LogP contribution in [0.3, 0.4) is 0 Å². The Morgan fingerprint density at radius 3 is 2.17 bits per heavy atom. The van der Waals surface area contributed by atoms with Crippen molar-refractivity contribution >= 4 is 34.3 Å². The second-order valence-corrected chi connectivity index (χ2v) is 7.62. The Balaban J connectivity index is 1.70. The molecule has 2 amide bonds. The molecule has 0 aliphatic carbocycles. The van der Waals surface area contributed by atoms with Crippen molar-refractivity contribution < 1.29 is 9.59 Å². The molecule has 1 atom stereocenters. The van der Waals surface area contributed by atoms with E-state index in [0.717, 1.165) is 22.1 Å². The summed E-state index contributed by atoms with van der Waals surface area (Å²) in [6.07, 6.45) is 1.51. The highest BCUT2D eigenvalue weighted by atomic mass is 35.5. The first-order valence-corrected chi connectivity index (χ1v) is 9.91. The van der Waals surface area contributed by atoms with Crippen LogP contribution in [0.25, 0.3) is 22.0 Å². The van der Waals surface area contributed by atoms with Crippen LogP contribution >= 0.6 is 11.6 Å². The van der Waals surface area contributed by atoms with E-state index in [-0.39, 0.29) is 11.8 Å². The van der Waals surface area contributed by atoms with Crippen molar-refractivity contribution in [2.45, 2.75) is 13.0 Å². The molecule has 1 unspecified atom stereocenters. The minimum absolute atomic E-state index is 0.292. The van der Waals surface area contributed by atoms with E-state index >= 15 is 0 Å². The predicted octanol–water partition coefficient (Wildman–Crippen LogP) is 5.31. The van der Waals surface area contributed by atoms with Crippen LogP contribution in [-0.2, 0) is 0 Å². The van der Waals surface area contributed by atoms with Crippen molar-refractivity contribution in [1.29, 1.82) is 0 Å². The molecule has 3 aromatic carbocycles. The summed E-state index contributed by atoms with van der Waals surface area (Å²) in [5, 5.41) is 9.41. The number of aromatic nitrogens is 2. The molecule has 1 aliphatic heterocycles. The number of halogens is 1. The highest BCUT2D eigenvalue weighted by molar-refractivity contribution is 6.35. The van der Waals surface area contributed by atoms with Gasteiger partial charge in [0.2, 0.25) is 0 Å². The Morgan fingerprint density at radius 2 is 1.50 bits per heavy atom. The number of carbonyl (C=O) groups is 2. The van der Waals surface area contributed by atoms with Gasteiger partial charge in [0, 0.05) is 5.39 Å². The van der Waals surface area contributed by atoms with Crippen molar-refractivity contribution in [2.75, 3.05) is 0 Å². The minimum Gasteiger partial charge on any atom is -0.269 e. The van der Waals surface area contributed by atoms with Crippen LogP contribution in [0.1, 0.15) is 39.2 Å². The third-order valence-electron chi connectivity index (χ3n) is 5.51. The largest absolute Gasteiger partial charge is 0.269 e. The minimum atomic E-state index is -0.502. The summed E-state index contributed by atoms with van der Waals surface area (Å²) in [5.74, 6) is -0.584. The molecule has 0 radical (unpaired) electrons. The van der Waals surface area contributed by atoms with Crippen LogP contribution in [-0.4, -0.2) is 26.9 Å². The Hall–Kier alpha value is -3.57. The SMILES string of the molecule is CC(c1cc2nncc(Cl)c2cc1-c1ccccc1)N1C(=O)c2ccccc2C1=O. The van der Waals surface area contributed by atoms with E-state index in [9.17, 15) is 9.59 Å². The first-order valence-electron chi connectivity index (χ1n) is 9.53. The van der Waals surface area contributed by atoms with Crippen LogP contribution in [0, 0.1) is 0 Å². The molecular formula is C24H16ClN3O2. The summed E-state index contributed by atoms with van der Waals surface area (Å²) in [6, 6.07) is 20.0. The Kier molecular flexibility index (Phi) is 4.33. The second kappa shape index (κ2) is 7.04. The summed E-state index contributed by atoms with van der Waals surface area (Å²) >= 11 is 6.36. The van der Waals surface area contributed by atoms with E-state index in [1.807, 2.05) is 49.4 Å². The molecule has 5 rings (SSSR count). The molecule has 1 aliphatic rings. The summed E-state index contributed by atoms with van der Waals surface area (Å²) in [7, 11) is 0. The normalized spacial score (nSPS) is 14.3. The summed E-state index contributed by atoms with van der Waals surface area (Å²) in [4.78, 5) is 27.4. The summed E-state index contributed by atoms with van der Waals surface area (Å²) in [6.45, 7) is 1.85. The fraction of sp³-hybridized carbons (Fsp3) is 0.0833. The van der Waals surface area contributed by atoms with Gasteiger partial charge >= 0.3 is 0 Å². The Bertz CT molecular complexity index is 1290. The van der Waals surface area contributed by atoms with Gasteiger partial charge in [0.25, 0.3) is 11.8 Å². The van der Waals surface area contributed by atoms with Crippen LogP contribution in [0.15, 0.2) is 72.9 Å². The maximum absolute atomic E-state index is 13.0. The monoisotopic (exact) mass is 413 g/mol. The molecule has 0 N–H and O–H groups in total. The molecule has 5 nitrogen and oxygen atoms in total. The zero-order valence-electron chi connectivity index (χ0n) is 16.0. The second-order valence-electron chi connectivity index (χ2n) is 7.22. The van der Waals surface area contributed by atoms with E-state index in [1.54, 1.807) is 24.3 Å². The van der Waals surface area contributed by atoms with Crippen molar-refractivity contribution in [3.63, 3.8) is 0 Å². The zero-order chi connectivity index (χ0) is 20.8. The number of rotatable bonds is 3. The zero-order valence-corrected chi connectivity index (χ0v) is 16.8. The van der Waals surface area contributed by atoms with Gasteiger partial charge in [-0.2, -0.15) is 10.2 Å². The quantitative estimate of drug-likeness (QED) is 0.427. The van der Waals surface area contributed by atoms with Crippen molar-refractivity contribution in [3.05, 3.63) is 94.6 Å². The van der Waals surface area contributed by atoms with Gasteiger partial charge in [-0.1, -0.05) is 54.1 Å². The third-order valence-corrected chi connectivity index (χ3v) is 5.81. The van der Waals surface area contributed by atoms with Gasteiger partial charge in [0.05, 0.1) is 33.9 Å². The molecule has 0 spiro atoms. The third kappa shape index (κ3) is 2.78. The molecule has 0 fully saturated rings. The fourth-order valence-corrected chi connectivity index (χ4v) is 4.20. The lowest BCUT2D eigenvalue weighted by Crippen LogP contribution is -2.32. The fourth-order valence-electron chi connectivity index (χ4n) is 4.00. The van der Waals surface area contributed by atoms with E-state index in [2.05, 4.69) is 10.2 Å². The summed E-state index contributed by atoms with van der Waals surface area (Å²) in [5.41, 5.74) is 4.13. The van der Waals surface area contributed by atoms with Crippen molar-refractivity contribution in [1.82, 2.24) is 15.1 Å². The van der Waals surface area contributed by atoms with Gasteiger partial charge in [-0.25, -0.2) is 0 Å². The van der Waals surface area contributed by atoms with Gasteiger partial charge in [-0.05, 0) is 47.9 Å². The molecule has 0 saturated carbocycles. The first kappa shape index (κ1) is 18.5. The number of benzene rings is 3. The Morgan fingerprint density at radius 1 is 0.867 bits per heavy atom. The first-order chi connectivity index (χ1) is 14.6. The smallest absolute Gasteiger partial charge is 0.262 e. The maximum Gasteiger partial charge on any atom is 0.262 e. The van der Waals surface area contributed by atoms with Gasteiger partial charge in [-0.3, -0.25) is 14.5 Å². The van der Waals surface area contributed by atoms with Gasteiger partial charge in [0.1, 0.15) is 0 Å². The number of fused-ring (bicyclic) bond motifs is 2. The highest BCUT2D eigenvalue weighted by Gasteiger charge is 2.39. The predicted molar refractivity (Wildman–Crippen MR) is 115 cm³/mol. The van der Waals surface area contributed by atoms with E-state index in [1.165, 1.54) is 11.1 Å². The highest BCUT2D eigenvalue weighted by Crippen LogP contribution is 2.38. The average Bonchev–Trinajstić information content (AvgIpc) is 3.04. The molecule has 6 heteroatoms. The van der Waals surface area contributed by atoms with Crippen molar-refractivity contribution in [2.24, 2.45) is 0 Å². The molecule has 2 heterocycles. The lowest BCUT2D eigenvalue weighted by Gasteiger charge is -2.25. The van der Waals surface area contributed by atoms with E-state index < -0.39 is 6.04 Å². The van der Waals surface area contributed by atoms with Crippen LogP contribution in [0.2, 0.25) is 5.02 Å². The van der Waals surface area contributed by atoms with Gasteiger partial charge in [0.15, 0.2) is 0 Å². The lowest BCUT2D eigenvalue weighted by molar-refractivity contribution is 0.0596. The molecule has 1 aromatic heterocycles. The molecule has 146 valence electrons. The Labute approximate surface area is 177 Å². The number of nitrogens with zero attached hydrogens (tertiary/aromatic N) is 3. The van der Waals surface area contributed by atoms with E-state index in [0.29, 0.717) is 21.7 Å². The van der Waals surface area contributed by atoms with Crippen LogP contribution in [0.5, 0.6) is 0 Å². The topological polar surface area (TPSA) is 63.2 Å². The number of hydrogen-bond donors (Lipinski definition) is 0. The molecule has 0 saturated heterocycles. The molecule has 0 bridgehead atoms. The average molecular weight is 414 g/mol. The number of carbonyl (C=O) groups excluding carboxylic acids is 2. The van der Waals surface area contributed by atoms with Gasteiger partial charge in [-0.15, -0.1) is 0 Å². The molecule has 4 aromatic rings. The van der Waals surface area contributed by atoms with Crippen molar-refractivity contribution in [3.8, 4) is 11.1 Å². The number of imide groups is 1. The number of hydrogen-bond acceptors (Lipinski definition) is 4. The molecule has 30 heavy (non-hydrogen) atoms. The molecular weight excluding hydrogens is 398 g/mol. The summed E-state index contributed by atoms with van der Waals surface area (Å²) < 4.78 is 0. The maximum atomic E-state index is 13.0. The lowest BCUT2D eigenvalue weighted by atomic mass is 9.93. The van der Waals surface area contributed by atoms with Gasteiger partial charge < -0.3 is 0 Å².